The van der Waals surface area contributed by atoms with E-state index in [1.54, 1.807) is 30.7 Å². The summed E-state index contributed by atoms with van der Waals surface area (Å²) in [7, 11) is 0. The highest BCUT2D eigenvalue weighted by Gasteiger charge is 2.30. The number of piperidine rings is 2. The fraction of sp³-hybridized carbons (Fsp3) is 0.244. The molecule has 3 aromatic heterocycles. The Balaban J connectivity index is 0.000000164. The third-order valence-electron chi connectivity index (χ3n) is 10.8. The number of rotatable bonds is 2. The van der Waals surface area contributed by atoms with E-state index in [0.29, 0.717) is 48.0 Å². The molecule has 0 saturated carbocycles. The first kappa shape index (κ1) is 36.7. The summed E-state index contributed by atoms with van der Waals surface area (Å²) in [6, 6.07) is 22.7. The number of hydrogen-bond donors (Lipinski definition) is 1. The molecule has 8 nitrogen and oxygen atoms in total. The van der Waals surface area contributed by atoms with Crippen LogP contribution in [0.3, 0.4) is 0 Å². The maximum absolute atomic E-state index is 13.0. The van der Waals surface area contributed by atoms with Crippen LogP contribution in [-0.2, 0) is 24.1 Å². The van der Waals surface area contributed by atoms with Crippen molar-refractivity contribution in [3.05, 3.63) is 169 Å². The van der Waals surface area contributed by atoms with Gasteiger partial charge in [-0.2, -0.15) is 0 Å². The van der Waals surface area contributed by atoms with E-state index in [9.17, 15) is 14.4 Å². The van der Waals surface area contributed by atoms with E-state index in [4.69, 9.17) is 23.2 Å². The standard InChI is InChI=1S/C26H22ClN3O2.C19H17ClN2O/c27-20-5-6-21-22(15-20)23(31)14-19-4-2-10-29-26(19)25(21)18-7-11-30(12-8-18)24(32)13-17-3-1-9-28-16-17;20-14-3-4-15-16(11-14)17(23)10-13-2-1-7-22-19(13)18(15)12-5-8-21-9-6-12/h1-6,9-10,15-16H,7-8,11-14H2;1-4,7,11,21H,5-6,8-10H2. The molecular weight excluding hydrogens is 729 g/mol. The predicted molar refractivity (Wildman–Crippen MR) is 215 cm³/mol. The molecule has 9 rings (SSSR count). The number of aromatic nitrogens is 3. The van der Waals surface area contributed by atoms with Crippen LogP contribution < -0.4 is 5.32 Å². The lowest BCUT2D eigenvalue weighted by Crippen LogP contribution is -2.37. The zero-order valence-electron chi connectivity index (χ0n) is 30.3. The molecule has 5 aromatic rings. The van der Waals surface area contributed by atoms with Crippen LogP contribution in [0.1, 0.15) is 85.6 Å². The van der Waals surface area contributed by atoms with Gasteiger partial charge in [0.05, 0.1) is 17.8 Å². The lowest BCUT2D eigenvalue weighted by atomic mass is 9.88. The molecule has 0 unspecified atom stereocenters. The summed E-state index contributed by atoms with van der Waals surface area (Å²) in [4.78, 5) is 53.8. The molecule has 0 bridgehead atoms. The highest BCUT2D eigenvalue weighted by atomic mass is 35.5. The minimum atomic E-state index is 0.0523. The van der Waals surface area contributed by atoms with Crippen molar-refractivity contribution in [1.29, 1.82) is 0 Å². The van der Waals surface area contributed by atoms with Crippen molar-refractivity contribution >= 4 is 51.8 Å². The third kappa shape index (κ3) is 7.81. The fourth-order valence-electron chi connectivity index (χ4n) is 8.09. The first-order valence-corrected chi connectivity index (χ1v) is 19.5. The van der Waals surface area contributed by atoms with Gasteiger partial charge in [-0.1, -0.05) is 64.7 Å². The summed E-state index contributed by atoms with van der Waals surface area (Å²) in [5.74, 6) is 0.279. The highest BCUT2D eigenvalue weighted by molar-refractivity contribution is 6.31. The van der Waals surface area contributed by atoms with Crippen LogP contribution in [0.5, 0.6) is 0 Å². The van der Waals surface area contributed by atoms with Gasteiger partial charge in [-0.15, -0.1) is 0 Å². The quantitative estimate of drug-likeness (QED) is 0.193. The van der Waals surface area contributed by atoms with Crippen LogP contribution in [0.25, 0.3) is 11.1 Å². The van der Waals surface area contributed by atoms with Gasteiger partial charge in [-0.05, 0) is 109 Å². The number of amides is 1. The van der Waals surface area contributed by atoms with Crippen LogP contribution in [0, 0.1) is 0 Å². The van der Waals surface area contributed by atoms with E-state index in [-0.39, 0.29) is 17.5 Å². The number of pyridine rings is 3. The molecule has 0 atom stereocenters. The number of hydrogen-bond acceptors (Lipinski definition) is 7. The van der Waals surface area contributed by atoms with Crippen molar-refractivity contribution in [2.24, 2.45) is 0 Å². The summed E-state index contributed by atoms with van der Waals surface area (Å²) in [5, 5.41) is 4.55. The molecule has 1 N–H and O–H groups in total. The summed E-state index contributed by atoms with van der Waals surface area (Å²) in [6.07, 6.45) is 11.6. The van der Waals surface area contributed by atoms with Crippen molar-refractivity contribution in [3.8, 4) is 0 Å². The van der Waals surface area contributed by atoms with Gasteiger partial charge in [-0.3, -0.25) is 29.3 Å². The summed E-state index contributed by atoms with van der Waals surface area (Å²) >= 11 is 12.4. The number of carbonyl (C=O) groups excluding carboxylic acids is 3. The van der Waals surface area contributed by atoms with Gasteiger partial charge >= 0.3 is 0 Å². The third-order valence-corrected chi connectivity index (χ3v) is 11.2. The van der Waals surface area contributed by atoms with E-state index in [1.165, 1.54) is 11.1 Å². The van der Waals surface area contributed by atoms with E-state index in [1.807, 2.05) is 71.8 Å². The van der Waals surface area contributed by atoms with E-state index in [2.05, 4.69) is 20.3 Å². The maximum Gasteiger partial charge on any atom is 0.227 e. The van der Waals surface area contributed by atoms with E-state index < -0.39 is 0 Å². The number of fused-ring (bicyclic) bond motifs is 4. The van der Waals surface area contributed by atoms with Crippen LogP contribution in [0.15, 0.2) is 109 Å². The Morgan fingerprint density at radius 3 is 1.71 bits per heavy atom. The Morgan fingerprint density at radius 1 is 0.655 bits per heavy atom. The molecule has 2 aliphatic heterocycles. The molecule has 2 fully saturated rings. The SMILES string of the molecule is O=C1Cc2cccnc2C(=C2CCN(C(=O)Cc3cccnc3)CC2)c2ccc(Cl)cc21.O=C1Cc2cccnc2C(=C2CCNCC2)c2ccc(Cl)cc21. The van der Waals surface area contributed by atoms with Gasteiger partial charge in [0.1, 0.15) is 0 Å². The Bertz CT molecular complexity index is 2370. The number of nitrogens with zero attached hydrogens (tertiary/aromatic N) is 4. The molecule has 276 valence electrons. The Kier molecular flexibility index (Phi) is 10.8. The van der Waals surface area contributed by atoms with Crippen LogP contribution in [0.4, 0.5) is 0 Å². The lowest BCUT2D eigenvalue weighted by molar-refractivity contribution is -0.130. The Labute approximate surface area is 330 Å². The summed E-state index contributed by atoms with van der Waals surface area (Å²) in [5.41, 5.74) is 12.7. The van der Waals surface area contributed by atoms with Gasteiger partial charge in [0.25, 0.3) is 0 Å². The van der Waals surface area contributed by atoms with E-state index in [0.717, 1.165) is 94.7 Å². The van der Waals surface area contributed by atoms with E-state index >= 15 is 0 Å². The minimum absolute atomic E-state index is 0.0523. The number of ketones is 2. The molecule has 10 heteroatoms. The second-order valence-corrected chi connectivity index (χ2v) is 15.1. The Morgan fingerprint density at radius 2 is 1.18 bits per heavy atom. The van der Waals surface area contributed by atoms with Crippen molar-refractivity contribution in [1.82, 2.24) is 25.2 Å². The van der Waals surface area contributed by atoms with Gasteiger partial charge in [-0.25, -0.2) is 0 Å². The van der Waals surface area contributed by atoms with Gasteiger partial charge in [0, 0.05) is 83.0 Å². The number of likely N-dealkylation sites (tertiary alicyclic amines) is 1. The molecule has 5 heterocycles. The molecule has 1 amide bonds. The Hall–Kier alpha value is -5.28. The van der Waals surface area contributed by atoms with Gasteiger partial charge in [0.2, 0.25) is 5.91 Å². The van der Waals surface area contributed by atoms with Crippen molar-refractivity contribution in [3.63, 3.8) is 0 Å². The topological polar surface area (TPSA) is 105 Å². The number of carbonyl (C=O) groups is 3. The smallest absolute Gasteiger partial charge is 0.227 e. The molecule has 55 heavy (non-hydrogen) atoms. The number of nitrogens with one attached hydrogen (secondary N) is 1. The second-order valence-electron chi connectivity index (χ2n) is 14.2. The van der Waals surface area contributed by atoms with Crippen molar-refractivity contribution in [2.45, 2.75) is 44.9 Å². The number of benzene rings is 2. The largest absolute Gasteiger partial charge is 0.342 e. The zero-order valence-corrected chi connectivity index (χ0v) is 31.8. The minimum Gasteiger partial charge on any atom is -0.342 e. The van der Waals surface area contributed by atoms with Crippen molar-refractivity contribution < 1.29 is 14.4 Å². The average molecular weight is 769 g/mol. The zero-order chi connectivity index (χ0) is 37.9. The summed E-state index contributed by atoms with van der Waals surface area (Å²) in [6.45, 7) is 3.24. The number of halogens is 2. The second kappa shape index (κ2) is 16.2. The number of Topliss-reactive ketones (excluding diaryl/α,β-unsaturated/α-hetero) is 2. The predicted octanol–water partition coefficient (Wildman–Crippen LogP) is 8.19. The molecule has 0 radical (unpaired) electrons. The van der Waals surface area contributed by atoms with Crippen LogP contribution in [-0.4, -0.2) is 63.5 Å². The first-order valence-electron chi connectivity index (χ1n) is 18.7. The monoisotopic (exact) mass is 767 g/mol. The van der Waals surface area contributed by atoms with Crippen LogP contribution >= 0.6 is 23.2 Å². The molecule has 2 aromatic carbocycles. The van der Waals surface area contributed by atoms with Crippen molar-refractivity contribution in [2.75, 3.05) is 26.2 Å². The molecule has 0 spiro atoms. The van der Waals surface area contributed by atoms with Gasteiger partial charge < -0.3 is 10.2 Å². The van der Waals surface area contributed by atoms with Crippen LogP contribution in [0.2, 0.25) is 10.0 Å². The first-order chi connectivity index (χ1) is 26.8. The lowest BCUT2D eigenvalue weighted by Gasteiger charge is -2.30. The average Bonchev–Trinajstić information content (AvgIpc) is 3.41. The molecule has 2 saturated heterocycles. The molecule has 2 aliphatic carbocycles. The normalized spacial score (nSPS) is 16.5. The maximum atomic E-state index is 13.0. The summed E-state index contributed by atoms with van der Waals surface area (Å²) < 4.78 is 0. The highest BCUT2D eigenvalue weighted by Crippen LogP contribution is 2.40. The molecule has 4 aliphatic rings. The van der Waals surface area contributed by atoms with Gasteiger partial charge in [0.15, 0.2) is 11.6 Å². The fourth-order valence-corrected chi connectivity index (χ4v) is 8.44. The molecular formula is C45H39Cl2N5O3.